The Morgan fingerprint density at radius 1 is 1.14 bits per heavy atom. The monoisotopic (exact) mass is 316 g/mol. The molecule has 1 aliphatic rings. The van der Waals surface area contributed by atoms with E-state index in [9.17, 15) is 14.0 Å². The zero-order valence-electron chi connectivity index (χ0n) is 11.1. The van der Waals surface area contributed by atoms with E-state index in [0.717, 1.165) is 11.8 Å². The summed E-state index contributed by atoms with van der Waals surface area (Å²) in [4.78, 5) is 26.9. The summed E-state index contributed by atoms with van der Waals surface area (Å²) in [7, 11) is 0. The molecule has 7 heteroatoms. The lowest BCUT2D eigenvalue weighted by molar-refractivity contribution is -0.115. The maximum Gasteiger partial charge on any atom is 0.290 e. The number of hydrogen-bond donors (Lipinski definition) is 1. The van der Waals surface area contributed by atoms with E-state index in [4.69, 9.17) is 4.74 Å². The summed E-state index contributed by atoms with van der Waals surface area (Å²) in [5.41, 5.74) is 0.666. The van der Waals surface area contributed by atoms with Crippen molar-refractivity contribution in [3.63, 3.8) is 0 Å². The van der Waals surface area contributed by atoms with Gasteiger partial charge >= 0.3 is 0 Å². The average molecular weight is 316 g/mol. The number of hydrogen-bond acceptors (Lipinski definition) is 5. The summed E-state index contributed by atoms with van der Waals surface area (Å²) in [6, 6.07) is 8.91. The first-order valence-electron chi connectivity index (χ1n) is 6.24. The maximum absolute atomic E-state index is 12.8. The van der Waals surface area contributed by atoms with Gasteiger partial charge in [-0.15, -0.1) is 0 Å². The number of imide groups is 1. The molecule has 0 unspecified atom stereocenters. The van der Waals surface area contributed by atoms with Crippen molar-refractivity contribution in [3.8, 4) is 11.6 Å². The van der Waals surface area contributed by atoms with Crippen molar-refractivity contribution in [3.05, 3.63) is 58.9 Å². The summed E-state index contributed by atoms with van der Waals surface area (Å²) in [5, 5.41) is 1.79. The number of nitrogens with zero attached hydrogens (tertiary/aromatic N) is 1. The fourth-order valence-electron chi connectivity index (χ4n) is 1.73. The number of pyridine rings is 1. The molecule has 2 amide bonds. The van der Waals surface area contributed by atoms with Gasteiger partial charge in [-0.3, -0.25) is 14.9 Å². The van der Waals surface area contributed by atoms with Crippen LogP contribution in [-0.2, 0) is 4.79 Å². The highest BCUT2D eigenvalue weighted by molar-refractivity contribution is 8.18. The number of carbonyl (C=O) groups excluding carboxylic acids is 2. The minimum Gasteiger partial charge on any atom is -0.439 e. The molecule has 0 aliphatic carbocycles. The van der Waals surface area contributed by atoms with E-state index >= 15 is 0 Å². The summed E-state index contributed by atoms with van der Waals surface area (Å²) < 4.78 is 18.3. The Bertz CT molecular complexity index is 757. The topological polar surface area (TPSA) is 68.3 Å². The van der Waals surface area contributed by atoms with Crippen LogP contribution in [0, 0.1) is 5.82 Å². The minimum atomic E-state index is -0.415. The summed E-state index contributed by atoms with van der Waals surface area (Å²) in [6.07, 6.45) is 3.09. The van der Waals surface area contributed by atoms with Crippen LogP contribution >= 0.6 is 11.8 Å². The molecule has 1 aromatic heterocycles. The first-order valence-corrected chi connectivity index (χ1v) is 7.06. The van der Waals surface area contributed by atoms with Crippen LogP contribution in [0.15, 0.2) is 47.5 Å². The van der Waals surface area contributed by atoms with E-state index in [-0.39, 0.29) is 11.1 Å². The van der Waals surface area contributed by atoms with Crippen LogP contribution < -0.4 is 10.1 Å². The summed E-state index contributed by atoms with van der Waals surface area (Å²) >= 11 is 0.844. The lowest BCUT2D eigenvalue weighted by Crippen LogP contribution is -2.17. The van der Waals surface area contributed by atoms with Crippen LogP contribution in [0.1, 0.15) is 5.56 Å². The summed E-state index contributed by atoms with van der Waals surface area (Å²) in [6.45, 7) is 0. The van der Waals surface area contributed by atoms with Gasteiger partial charge in [-0.25, -0.2) is 9.37 Å². The molecule has 0 saturated carbocycles. The third-order valence-electron chi connectivity index (χ3n) is 2.74. The highest BCUT2D eigenvalue weighted by Gasteiger charge is 2.24. The van der Waals surface area contributed by atoms with Crippen LogP contribution in [0.3, 0.4) is 0 Å². The number of aromatic nitrogens is 1. The SMILES string of the molecule is O=C1NC(=O)C(=Cc2ccc(Oc3ccc(F)cc3)nc2)S1. The number of nitrogens with one attached hydrogen (secondary N) is 1. The van der Waals surface area contributed by atoms with Crippen LogP contribution in [0.5, 0.6) is 11.6 Å². The molecule has 1 saturated heterocycles. The molecule has 0 atom stereocenters. The van der Waals surface area contributed by atoms with E-state index < -0.39 is 5.91 Å². The fraction of sp³-hybridized carbons (Fsp3) is 0. The van der Waals surface area contributed by atoms with Crippen LogP contribution in [-0.4, -0.2) is 16.1 Å². The van der Waals surface area contributed by atoms with Gasteiger partial charge in [0.05, 0.1) is 4.91 Å². The molecular weight excluding hydrogens is 307 g/mol. The number of carbonyl (C=O) groups is 2. The third-order valence-corrected chi connectivity index (χ3v) is 3.55. The second kappa shape index (κ2) is 5.98. The van der Waals surface area contributed by atoms with Crippen molar-refractivity contribution in [2.75, 3.05) is 0 Å². The first kappa shape index (κ1) is 14.3. The molecule has 3 rings (SSSR count). The lowest BCUT2D eigenvalue weighted by atomic mass is 10.2. The maximum atomic E-state index is 12.8. The predicted molar refractivity (Wildman–Crippen MR) is 79.8 cm³/mol. The van der Waals surface area contributed by atoms with Gasteiger partial charge in [0, 0.05) is 12.3 Å². The molecule has 0 spiro atoms. The fourth-order valence-corrected chi connectivity index (χ4v) is 2.42. The molecule has 1 N–H and O–H groups in total. The highest BCUT2D eigenvalue weighted by Crippen LogP contribution is 2.26. The Morgan fingerprint density at radius 2 is 1.91 bits per heavy atom. The first-order chi connectivity index (χ1) is 10.6. The second-order valence-corrected chi connectivity index (χ2v) is 5.35. The molecule has 1 fully saturated rings. The summed E-state index contributed by atoms with van der Waals surface area (Å²) in [5.74, 6) is 0.0514. The van der Waals surface area contributed by atoms with Crippen LogP contribution in [0.25, 0.3) is 6.08 Å². The van der Waals surface area contributed by atoms with Gasteiger partial charge in [0.15, 0.2) is 0 Å². The van der Waals surface area contributed by atoms with Crippen molar-refractivity contribution < 1.29 is 18.7 Å². The largest absolute Gasteiger partial charge is 0.439 e. The van der Waals surface area contributed by atoms with Gasteiger partial charge in [0.25, 0.3) is 11.1 Å². The van der Waals surface area contributed by atoms with Gasteiger partial charge in [0.1, 0.15) is 11.6 Å². The molecule has 0 bridgehead atoms. The average Bonchev–Trinajstić information content (AvgIpc) is 2.81. The Balaban J connectivity index is 1.73. The predicted octanol–water partition coefficient (Wildman–Crippen LogP) is 3.34. The van der Waals surface area contributed by atoms with Crippen molar-refractivity contribution in [1.82, 2.24) is 10.3 Å². The number of benzene rings is 1. The van der Waals surface area contributed by atoms with E-state index in [1.165, 1.54) is 30.5 Å². The number of rotatable bonds is 3. The van der Waals surface area contributed by atoms with Crippen LogP contribution in [0.4, 0.5) is 9.18 Å². The van der Waals surface area contributed by atoms with E-state index in [2.05, 4.69) is 10.3 Å². The normalized spacial score (nSPS) is 16.0. The van der Waals surface area contributed by atoms with Crippen molar-refractivity contribution in [2.24, 2.45) is 0 Å². The molecule has 1 aromatic carbocycles. The zero-order chi connectivity index (χ0) is 15.5. The molecule has 2 heterocycles. The third kappa shape index (κ3) is 3.32. The van der Waals surface area contributed by atoms with Crippen molar-refractivity contribution in [2.45, 2.75) is 0 Å². The molecule has 1 aliphatic heterocycles. The Labute approximate surface area is 129 Å². The number of ether oxygens (including phenoxy) is 1. The Hall–Kier alpha value is -2.67. The van der Waals surface area contributed by atoms with Gasteiger partial charge in [-0.2, -0.15) is 0 Å². The Kier molecular flexibility index (Phi) is 3.88. The minimum absolute atomic E-state index is 0.319. The van der Waals surface area contributed by atoms with Gasteiger partial charge < -0.3 is 4.74 Å². The molecule has 110 valence electrons. The zero-order valence-corrected chi connectivity index (χ0v) is 11.9. The number of amides is 2. The highest BCUT2D eigenvalue weighted by atomic mass is 32.2. The van der Waals surface area contributed by atoms with Crippen LogP contribution in [0.2, 0.25) is 0 Å². The number of halogens is 1. The smallest absolute Gasteiger partial charge is 0.290 e. The van der Waals surface area contributed by atoms with E-state index in [1.54, 1.807) is 18.2 Å². The molecule has 5 nitrogen and oxygen atoms in total. The molecule has 2 aromatic rings. The van der Waals surface area contributed by atoms with E-state index in [0.29, 0.717) is 22.1 Å². The molecule has 0 radical (unpaired) electrons. The quantitative estimate of drug-likeness (QED) is 0.880. The molecule has 22 heavy (non-hydrogen) atoms. The Morgan fingerprint density at radius 3 is 2.50 bits per heavy atom. The second-order valence-electron chi connectivity index (χ2n) is 4.34. The lowest BCUT2D eigenvalue weighted by Gasteiger charge is -2.04. The van der Waals surface area contributed by atoms with E-state index in [1.807, 2.05) is 0 Å². The standard InChI is InChI=1S/C15H9FN2O3S/c16-10-2-4-11(5-3-10)21-13-6-1-9(8-17-13)7-12-14(19)18-15(20)22-12/h1-8H,(H,18,19,20). The van der Waals surface area contributed by atoms with Crippen molar-refractivity contribution >= 4 is 29.0 Å². The number of thioether (sulfide) groups is 1. The van der Waals surface area contributed by atoms with Gasteiger partial charge in [-0.05, 0) is 53.7 Å². The van der Waals surface area contributed by atoms with Gasteiger partial charge in [-0.1, -0.05) is 0 Å². The van der Waals surface area contributed by atoms with Gasteiger partial charge in [0.2, 0.25) is 5.88 Å². The van der Waals surface area contributed by atoms with Crippen molar-refractivity contribution in [1.29, 1.82) is 0 Å². The molecular formula is C15H9FN2O3S.